The summed E-state index contributed by atoms with van der Waals surface area (Å²) in [4.78, 5) is 0. The molecule has 0 unspecified atom stereocenters. The molecule has 14 heavy (non-hydrogen) atoms. The molecule has 0 saturated carbocycles. The van der Waals surface area contributed by atoms with Crippen LogP contribution in [0.2, 0.25) is 0 Å². The molecule has 0 fully saturated rings. The normalized spacial score (nSPS) is 11.0. The van der Waals surface area contributed by atoms with Crippen molar-refractivity contribution in [3.8, 4) is 0 Å². The molecule has 0 atom stereocenters. The maximum atomic E-state index is 2.28. The van der Waals surface area contributed by atoms with Crippen molar-refractivity contribution in [1.29, 1.82) is 0 Å². The molecule has 1 aromatic rings. The summed E-state index contributed by atoms with van der Waals surface area (Å²) < 4.78 is 0. The Hall–Kier alpha value is -0.585. The molecule has 76 valence electrons. The van der Waals surface area contributed by atoms with E-state index in [0.717, 1.165) is 11.8 Å². The Labute approximate surface area is 89.0 Å². The molecule has 0 aromatic carbocycles. The molecule has 0 saturated heterocycles. The third-order valence-corrected chi connectivity index (χ3v) is 2.37. The van der Waals surface area contributed by atoms with Crippen LogP contribution in [0.1, 0.15) is 38.7 Å². The first-order valence-corrected chi connectivity index (χ1v) is 5.66. The van der Waals surface area contributed by atoms with Crippen LogP contribution in [0.25, 0.3) is 0 Å². The van der Waals surface area contributed by atoms with Gasteiger partial charge in [0.1, 0.15) is 0 Å². The summed E-state index contributed by atoms with van der Waals surface area (Å²) in [6.45, 7) is 11.4. The Kier molecular flexibility index (Phi) is 4.38. The molecule has 0 spiro atoms. The van der Waals surface area contributed by atoms with Crippen molar-refractivity contribution in [2.45, 2.75) is 40.5 Å². The zero-order valence-electron chi connectivity index (χ0n) is 9.88. The second-order valence-electron chi connectivity index (χ2n) is 4.96. The van der Waals surface area contributed by atoms with Gasteiger partial charge in [0.2, 0.25) is 0 Å². The quantitative estimate of drug-likeness (QED) is 0.679. The first-order chi connectivity index (χ1) is 6.59. The van der Waals surface area contributed by atoms with Gasteiger partial charge in [0, 0.05) is 0 Å². The van der Waals surface area contributed by atoms with Gasteiger partial charge in [-0.3, -0.25) is 0 Å². The van der Waals surface area contributed by atoms with E-state index in [4.69, 9.17) is 0 Å². The molecule has 1 heteroatoms. The molecule has 0 aliphatic heterocycles. The van der Waals surface area contributed by atoms with Crippen LogP contribution in [-0.2, 0) is 12.8 Å². The Morgan fingerprint density at radius 3 is 2.29 bits per heavy atom. The molecule has 1 heterocycles. The maximum absolute atomic E-state index is 2.28. The third kappa shape index (κ3) is 3.65. The Morgan fingerprint density at radius 1 is 1.07 bits per heavy atom. The van der Waals surface area contributed by atoms with Crippen LogP contribution in [-0.4, -0.2) is 6.91 Å². The van der Waals surface area contributed by atoms with E-state index in [1.165, 1.54) is 23.9 Å². The van der Waals surface area contributed by atoms with Crippen LogP contribution >= 0.6 is 0 Å². The molecule has 0 nitrogen and oxygen atoms in total. The van der Waals surface area contributed by atoms with Gasteiger partial charge < -0.3 is 0 Å². The summed E-state index contributed by atoms with van der Waals surface area (Å²) in [6.07, 6.45) is 2.42. The second-order valence-corrected chi connectivity index (χ2v) is 4.96. The van der Waals surface area contributed by atoms with E-state index in [2.05, 4.69) is 52.7 Å². The summed E-state index contributed by atoms with van der Waals surface area (Å²) in [5.41, 5.74) is 3.08. The average Bonchev–Trinajstić information content (AvgIpc) is 2.06. The summed E-state index contributed by atoms with van der Waals surface area (Å²) in [5.74, 6) is 3.66. The third-order valence-electron chi connectivity index (χ3n) is 2.37. The van der Waals surface area contributed by atoms with Gasteiger partial charge in [-0.2, -0.15) is 0 Å². The van der Waals surface area contributed by atoms with E-state index >= 15 is 0 Å². The van der Waals surface area contributed by atoms with Gasteiger partial charge in [0.05, 0.1) is 0 Å². The number of hydrogen-bond acceptors (Lipinski definition) is 0. The van der Waals surface area contributed by atoms with E-state index in [9.17, 15) is 0 Å². The van der Waals surface area contributed by atoms with Crippen molar-refractivity contribution < 1.29 is 0 Å². The van der Waals surface area contributed by atoms with E-state index in [-0.39, 0.29) is 0 Å². The van der Waals surface area contributed by atoms with E-state index in [1.54, 1.807) is 0 Å². The second kappa shape index (κ2) is 5.33. The average molecular weight is 188 g/mol. The molecular formula is C13H21B. The van der Waals surface area contributed by atoms with E-state index in [1.807, 2.05) is 0 Å². The summed E-state index contributed by atoms with van der Waals surface area (Å²) in [7, 11) is 0. The van der Waals surface area contributed by atoms with Crippen molar-refractivity contribution in [3.63, 3.8) is 0 Å². The van der Waals surface area contributed by atoms with Crippen molar-refractivity contribution in [1.82, 2.24) is 0 Å². The van der Waals surface area contributed by atoms with Crippen LogP contribution in [0, 0.1) is 11.8 Å². The SMILES string of the molecule is CC(C)Cc1bcccc1CC(C)C. The van der Waals surface area contributed by atoms with E-state index in [0.29, 0.717) is 0 Å². The van der Waals surface area contributed by atoms with Crippen molar-refractivity contribution >= 4 is 6.91 Å². The molecule has 0 amide bonds. The Balaban J connectivity index is 2.80. The fourth-order valence-corrected chi connectivity index (χ4v) is 1.84. The Morgan fingerprint density at radius 2 is 1.71 bits per heavy atom. The fraction of sp³-hybridized carbons (Fsp3) is 0.615. The van der Waals surface area contributed by atoms with Gasteiger partial charge in [-0.25, -0.2) is 0 Å². The molecule has 0 radical (unpaired) electrons. The first kappa shape index (κ1) is 11.5. The standard InChI is InChI=1S/C13H21B/c1-10(2)8-12-6-5-7-14-13(12)9-11(3)4/h5-7,10-11H,8-9H2,1-4H3. The van der Waals surface area contributed by atoms with Gasteiger partial charge in [0.15, 0.2) is 0 Å². The number of rotatable bonds is 4. The van der Waals surface area contributed by atoms with Crippen LogP contribution in [0.4, 0.5) is 0 Å². The van der Waals surface area contributed by atoms with Crippen LogP contribution in [0.5, 0.6) is 0 Å². The minimum atomic E-state index is 0.753. The van der Waals surface area contributed by atoms with Gasteiger partial charge in [-0.1, -0.05) is 0 Å². The van der Waals surface area contributed by atoms with E-state index < -0.39 is 0 Å². The number of hydrogen-bond donors (Lipinski definition) is 0. The van der Waals surface area contributed by atoms with Crippen LogP contribution < -0.4 is 0 Å². The summed E-state index contributed by atoms with van der Waals surface area (Å²) in [5, 5.41) is 0. The Bertz CT molecular complexity index is 247. The van der Waals surface area contributed by atoms with Gasteiger partial charge in [-0.05, 0) is 0 Å². The topological polar surface area (TPSA) is 0 Å². The first-order valence-electron chi connectivity index (χ1n) is 5.66. The monoisotopic (exact) mass is 188 g/mol. The van der Waals surface area contributed by atoms with Crippen molar-refractivity contribution in [2.75, 3.05) is 0 Å². The van der Waals surface area contributed by atoms with Gasteiger partial charge in [-0.15, -0.1) is 0 Å². The van der Waals surface area contributed by atoms with Crippen LogP contribution in [0.3, 0.4) is 0 Å². The summed E-state index contributed by atoms with van der Waals surface area (Å²) in [6, 6.07) is 4.43. The van der Waals surface area contributed by atoms with Crippen LogP contribution in [0.15, 0.2) is 18.1 Å². The molecule has 0 aliphatic carbocycles. The van der Waals surface area contributed by atoms with Gasteiger partial charge >= 0.3 is 88.4 Å². The zero-order valence-corrected chi connectivity index (χ0v) is 9.88. The fourth-order valence-electron chi connectivity index (χ4n) is 1.84. The van der Waals surface area contributed by atoms with Crippen molar-refractivity contribution in [2.24, 2.45) is 11.8 Å². The van der Waals surface area contributed by atoms with Gasteiger partial charge in [0.25, 0.3) is 0 Å². The molecule has 0 aliphatic rings. The summed E-state index contributed by atoms with van der Waals surface area (Å²) >= 11 is 0. The molecule has 0 bridgehead atoms. The molecule has 0 N–H and O–H groups in total. The minimum absolute atomic E-state index is 0.753. The molecule has 1 aromatic heterocycles. The predicted molar refractivity (Wildman–Crippen MR) is 64.9 cm³/mol. The molecular weight excluding hydrogens is 167 g/mol. The predicted octanol–water partition coefficient (Wildman–Crippen LogP) is 3.42. The van der Waals surface area contributed by atoms with Crippen molar-refractivity contribution in [3.05, 3.63) is 29.1 Å². The zero-order chi connectivity index (χ0) is 10.6. The molecule has 1 rings (SSSR count).